The number of phenols is 1. The lowest BCUT2D eigenvalue weighted by Gasteiger charge is -2.42. The molecule has 7 rings (SSSR count). The predicted octanol–water partition coefficient (Wildman–Crippen LogP) is 5.20. The standard InChI is InChI=1S/C34H35F3N6O2/c1-4-23-26(35)9-6-19-12-22(44)13-24(28(19)23)30-29(37)31-25(14-38-30)32(43-15-20-7-8-21(16-43)39-20)41-33(40-31)45-18-34(3)17-42(5-2)11-10-27(34)36/h1,6,9,12-14,20-21,27,39,44H,5,7-8,10-11,15-18H2,2-3H3/t20-,21+,27?,34?. The molecule has 4 atom stereocenters. The number of hydrogen-bond acceptors (Lipinski definition) is 8. The minimum absolute atomic E-state index is 0.0178. The van der Waals surface area contributed by atoms with Crippen LogP contribution in [-0.4, -0.2) is 82.5 Å². The Morgan fingerprint density at radius 1 is 1.16 bits per heavy atom. The number of fused-ring (bicyclic) bond motifs is 4. The van der Waals surface area contributed by atoms with Gasteiger partial charge in [0.1, 0.15) is 41.4 Å². The van der Waals surface area contributed by atoms with E-state index in [2.05, 4.69) is 31.0 Å². The van der Waals surface area contributed by atoms with Gasteiger partial charge in [0.25, 0.3) is 0 Å². The maximum absolute atomic E-state index is 16.7. The Balaban J connectivity index is 1.37. The molecule has 3 aliphatic rings. The molecule has 234 valence electrons. The Hall–Kier alpha value is -4.14. The number of halogens is 3. The van der Waals surface area contributed by atoms with E-state index in [0.29, 0.717) is 49.2 Å². The molecular weight excluding hydrogens is 581 g/mol. The van der Waals surface area contributed by atoms with Crippen molar-refractivity contribution in [2.24, 2.45) is 5.41 Å². The summed E-state index contributed by atoms with van der Waals surface area (Å²) in [7, 11) is 0. The number of hydrogen-bond donors (Lipinski definition) is 2. The number of terminal acetylenes is 1. The first-order chi connectivity index (χ1) is 21.7. The summed E-state index contributed by atoms with van der Waals surface area (Å²) in [5, 5.41) is 15.2. The Labute approximate surface area is 259 Å². The van der Waals surface area contributed by atoms with Gasteiger partial charge >= 0.3 is 6.01 Å². The van der Waals surface area contributed by atoms with Crippen molar-refractivity contribution in [2.45, 2.75) is 51.4 Å². The first-order valence-corrected chi connectivity index (χ1v) is 15.5. The van der Waals surface area contributed by atoms with E-state index in [1.54, 1.807) is 0 Å². The van der Waals surface area contributed by atoms with Crippen molar-refractivity contribution in [3.63, 3.8) is 0 Å². The number of piperidine rings is 1. The van der Waals surface area contributed by atoms with Crippen LogP contribution in [0.5, 0.6) is 11.8 Å². The van der Waals surface area contributed by atoms with Gasteiger partial charge in [0.05, 0.1) is 10.9 Å². The molecule has 0 radical (unpaired) electrons. The summed E-state index contributed by atoms with van der Waals surface area (Å²) < 4.78 is 52.9. The lowest BCUT2D eigenvalue weighted by Crippen LogP contribution is -2.51. The molecular formula is C34H35F3N6O2. The van der Waals surface area contributed by atoms with Gasteiger partial charge in [0.2, 0.25) is 0 Å². The molecule has 3 aliphatic heterocycles. The molecule has 0 amide bonds. The highest BCUT2D eigenvalue weighted by molar-refractivity contribution is 6.03. The van der Waals surface area contributed by atoms with Crippen LogP contribution in [0.4, 0.5) is 19.0 Å². The highest BCUT2D eigenvalue weighted by Crippen LogP contribution is 2.40. The monoisotopic (exact) mass is 616 g/mol. The van der Waals surface area contributed by atoms with Crippen molar-refractivity contribution in [1.29, 1.82) is 0 Å². The molecule has 2 aromatic carbocycles. The van der Waals surface area contributed by atoms with Crippen molar-refractivity contribution < 1.29 is 23.0 Å². The van der Waals surface area contributed by atoms with Crippen LogP contribution in [0.15, 0.2) is 30.5 Å². The number of alkyl halides is 1. The molecule has 3 saturated heterocycles. The van der Waals surface area contributed by atoms with Crippen molar-refractivity contribution in [3.8, 4) is 35.4 Å². The summed E-state index contributed by atoms with van der Waals surface area (Å²) >= 11 is 0. The van der Waals surface area contributed by atoms with Crippen molar-refractivity contribution >= 4 is 27.5 Å². The van der Waals surface area contributed by atoms with E-state index in [9.17, 15) is 9.50 Å². The van der Waals surface area contributed by atoms with Crippen LogP contribution in [0.1, 0.15) is 38.7 Å². The number of nitrogens with zero attached hydrogens (tertiary/aromatic N) is 5. The summed E-state index contributed by atoms with van der Waals surface area (Å²) in [5.41, 5.74) is -0.909. The van der Waals surface area contributed by atoms with Crippen LogP contribution in [0.3, 0.4) is 0 Å². The Kier molecular flexibility index (Phi) is 7.45. The molecule has 11 heteroatoms. The fraction of sp³-hybridized carbons (Fsp3) is 0.441. The number of pyridine rings is 1. The molecule has 4 aromatic rings. The Morgan fingerprint density at radius 3 is 2.67 bits per heavy atom. The van der Waals surface area contributed by atoms with E-state index in [-0.39, 0.29) is 58.2 Å². The number of aromatic nitrogens is 3. The molecule has 5 heterocycles. The minimum atomic E-state index is -1.07. The molecule has 45 heavy (non-hydrogen) atoms. The zero-order chi connectivity index (χ0) is 31.5. The van der Waals surface area contributed by atoms with E-state index >= 15 is 8.78 Å². The zero-order valence-electron chi connectivity index (χ0n) is 25.3. The second kappa shape index (κ2) is 11.3. The van der Waals surface area contributed by atoms with Gasteiger partial charge in [-0.15, -0.1) is 6.42 Å². The van der Waals surface area contributed by atoms with Gasteiger partial charge in [-0.2, -0.15) is 9.97 Å². The van der Waals surface area contributed by atoms with Crippen LogP contribution in [0.2, 0.25) is 0 Å². The van der Waals surface area contributed by atoms with Gasteiger partial charge in [0.15, 0.2) is 5.82 Å². The predicted molar refractivity (Wildman–Crippen MR) is 167 cm³/mol. The maximum Gasteiger partial charge on any atom is 0.319 e. The smallest absolute Gasteiger partial charge is 0.319 e. The molecule has 0 spiro atoms. The zero-order valence-corrected chi connectivity index (χ0v) is 25.3. The summed E-state index contributed by atoms with van der Waals surface area (Å²) in [6, 6.07) is 5.94. The molecule has 0 aliphatic carbocycles. The van der Waals surface area contributed by atoms with Gasteiger partial charge in [-0.05, 0) is 49.4 Å². The van der Waals surface area contributed by atoms with Crippen molar-refractivity contribution in [1.82, 2.24) is 25.2 Å². The molecule has 2 N–H and O–H groups in total. The average molecular weight is 617 g/mol. The molecule has 8 nitrogen and oxygen atoms in total. The Bertz CT molecular complexity index is 1840. The average Bonchev–Trinajstić information content (AvgIpc) is 3.38. The number of anilines is 1. The van der Waals surface area contributed by atoms with E-state index in [1.807, 2.05) is 13.8 Å². The largest absolute Gasteiger partial charge is 0.508 e. The topological polar surface area (TPSA) is 86.6 Å². The SMILES string of the molecule is C#Cc1c(F)ccc2cc(O)cc(-c3ncc4c(N5C[C@H]6CC[C@@H](C5)N6)nc(OCC5(C)CN(CC)CCC5F)nc4c3F)c12. The number of nitrogens with one attached hydrogen (secondary N) is 1. The second-order valence-electron chi connectivity index (χ2n) is 12.8. The molecule has 3 fully saturated rings. The molecule has 2 unspecified atom stereocenters. The quantitative estimate of drug-likeness (QED) is 0.286. The summed E-state index contributed by atoms with van der Waals surface area (Å²) in [6.45, 7) is 7.27. The third-order valence-electron chi connectivity index (χ3n) is 9.63. The minimum Gasteiger partial charge on any atom is -0.508 e. The molecule has 2 aromatic heterocycles. The lowest BCUT2D eigenvalue weighted by molar-refractivity contribution is -0.0154. The van der Waals surface area contributed by atoms with Crippen molar-refractivity contribution in [2.75, 3.05) is 44.2 Å². The van der Waals surface area contributed by atoms with Gasteiger partial charge in [-0.1, -0.05) is 25.8 Å². The number of piperazine rings is 1. The van der Waals surface area contributed by atoms with E-state index in [1.165, 1.54) is 30.5 Å². The highest BCUT2D eigenvalue weighted by Gasteiger charge is 2.41. The summed E-state index contributed by atoms with van der Waals surface area (Å²) in [5.74, 6) is 1.27. The summed E-state index contributed by atoms with van der Waals surface area (Å²) in [4.78, 5) is 18.0. The van der Waals surface area contributed by atoms with Crippen LogP contribution >= 0.6 is 0 Å². The van der Waals surface area contributed by atoms with Crippen LogP contribution in [0.25, 0.3) is 32.9 Å². The Morgan fingerprint density at radius 2 is 1.93 bits per heavy atom. The number of phenolic OH excluding ortho intramolecular Hbond substituents is 1. The van der Waals surface area contributed by atoms with Gasteiger partial charge in [-0.3, -0.25) is 4.98 Å². The fourth-order valence-corrected chi connectivity index (χ4v) is 7.21. The third kappa shape index (κ3) is 5.20. The third-order valence-corrected chi connectivity index (χ3v) is 9.63. The fourth-order valence-electron chi connectivity index (χ4n) is 7.21. The first-order valence-electron chi connectivity index (χ1n) is 15.5. The second-order valence-corrected chi connectivity index (χ2v) is 12.8. The van der Waals surface area contributed by atoms with Crippen LogP contribution < -0.4 is 15.0 Å². The van der Waals surface area contributed by atoms with E-state index in [4.69, 9.17) is 16.1 Å². The van der Waals surface area contributed by atoms with Gasteiger partial charge in [-0.25, -0.2) is 13.2 Å². The maximum atomic E-state index is 16.7. The number of likely N-dealkylation sites (tertiary alicyclic amines) is 1. The van der Waals surface area contributed by atoms with Crippen LogP contribution in [0, 0.1) is 29.4 Å². The number of rotatable bonds is 6. The van der Waals surface area contributed by atoms with E-state index in [0.717, 1.165) is 19.4 Å². The normalized spacial score (nSPS) is 25.2. The summed E-state index contributed by atoms with van der Waals surface area (Å²) in [6.07, 6.45) is 8.58. The number of ether oxygens (including phenoxy) is 1. The highest BCUT2D eigenvalue weighted by atomic mass is 19.1. The van der Waals surface area contributed by atoms with Gasteiger partial charge < -0.3 is 25.0 Å². The lowest BCUT2D eigenvalue weighted by atomic mass is 9.81. The van der Waals surface area contributed by atoms with E-state index < -0.39 is 23.2 Å². The van der Waals surface area contributed by atoms with Crippen LogP contribution in [-0.2, 0) is 0 Å². The van der Waals surface area contributed by atoms with Crippen molar-refractivity contribution in [3.05, 3.63) is 47.7 Å². The number of benzene rings is 2. The number of aromatic hydroxyl groups is 1. The molecule has 0 saturated carbocycles. The molecule has 2 bridgehead atoms. The first kappa shape index (κ1) is 29.6. The van der Waals surface area contributed by atoms with Gasteiger partial charge in [0, 0.05) is 60.8 Å².